The molecule has 0 saturated carbocycles. The quantitative estimate of drug-likeness (QED) is 0.239. The van der Waals surface area contributed by atoms with Gasteiger partial charge in [-0.1, -0.05) is 0 Å². The van der Waals surface area contributed by atoms with Crippen molar-refractivity contribution in [1.29, 1.82) is 0 Å². The fourth-order valence-electron chi connectivity index (χ4n) is 0. The second-order valence-corrected chi connectivity index (χ2v) is 4.34. The van der Waals surface area contributed by atoms with E-state index in [1.165, 1.54) is 23.6 Å². The van der Waals surface area contributed by atoms with E-state index < -0.39 is 23.8 Å². The Morgan fingerprint density at radius 1 is 0.700 bits per heavy atom. The molecule has 0 aliphatic rings. The standard InChI is InChI=1S/2C4H11NO2.C2H2O4/c2*1-4(6,7)5(2)3;3-1(4)2(5)6/h2*6-7H,1-3H3;(H,3,4)(H,5,6). The van der Waals surface area contributed by atoms with E-state index in [0.29, 0.717) is 0 Å². The van der Waals surface area contributed by atoms with Gasteiger partial charge in [0.1, 0.15) is 0 Å². The van der Waals surface area contributed by atoms with Gasteiger partial charge in [-0.25, -0.2) is 9.59 Å². The highest BCUT2D eigenvalue weighted by molar-refractivity contribution is 6.27. The molecule has 0 radical (unpaired) electrons. The van der Waals surface area contributed by atoms with Gasteiger partial charge in [0, 0.05) is 13.8 Å². The third kappa shape index (κ3) is 19.0. The first-order chi connectivity index (χ1) is 8.53. The molecule has 10 heteroatoms. The monoisotopic (exact) mass is 300 g/mol. The molecule has 0 amide bonds. The summed E-state index contributed by atoms with van der Waals surface area (Å²) in [5.41, 5.74) is 0. The summed E-state index contributed by atoms with van der Waals surface area (Å²) in [6.07, 6.45) is 0. The summed E-state index contributed by atoms with van der Waals surface area (Å²) in [5, 5.41) is 49.1. The van der Waals surface area contributed by atoms with Crippen molar-refractivity contribution in [2.24, 2.45) is 0 Å². The van der Waals surface area contributed by atoms with Crippen LogP contribution in [0.15, 0.2) is 0 Å². The molecule has 0 spiro atoms. The number of carboxylic acids is 2. The van der Waals surface area contributed by atoms with E-state index in [9.17, 15) is 0 Å². The van der Waals surface area contributed by atoms with Crippen LogP contribution in [-0.4, -0.2) is 92.4 Å². The zero-order chi connectivity index (χ0) is 17.3. The van der Waals surface area contributed by atoms with Crippen LogP contribution in [0.2, 0.25) is 0 Å². The SMILES string of the molecule is CN(C)C(C)(O)O.CN(C)C(C)(O)O.O=C(O)C(=O)O. The van der Waals surface area contributed by atoms with Crippen molar-refractivity contribution in [2.45, 2.75) is 25.7 Å². The minimum Gasteiger partial charge on any atom is -0.473 e. The largest absolute Gasteiger partial charge is 0.473 e. The Kier molecular flexibility index (Phi) is 11.4. The molecule has 0 aromatic carbocycles. The van der Waals surface area contributed by atoms with Gasteiger partial charge in [-0.3, -0.25) is 9.80 Å². The number of hydrogen-bond donors (Lipinski definition) is 6. The van der Waals surface area contributed by atoms with Crippen molar-refractivity contribution in [1.82, 2.24) is 9.80 Å². The summed E-state index contributed by atoms with van der Waals surface area (Å²) in [4.78, 5) is 20.8. The van der Waals surface area contributed by atoms with Crippen LogP contribution in [0.5, 0.6) is 0 Å². The smallest absolute Gasteiger partial charge is 0.414 e. The predicted octanol–water partition coefficient (Wildman–Crippen LogP) is -2.43. The Hall–Kier alpha value is -1.30. The number of aliphatic hydroxyl groups is 4. The molecule has 0 aliphatic carbocycles. The predicted molar refractivity (Wildman–Crippen MR) is 68.3 cm³/mol. The van der Waals surface area contributed by atoms with Crippen LogP contribution in [0.25, 0.3) is 0 Å². The molecule has 0 rings (SSSR count). The lowest BCUT2D eigenvalue weighted by Gasteiger charge is -2.23. The van der Waals surface area contributed by atoms with Gasteiger partial charge in [-0.15, -0.1) is 0 Å². The van der Waals surface area contributed by atoms with Crippen molar-refractivity contribution in [3.8, 4) is 0 Å². The summed E-state index contributed by atoms with van der Waals surface area (Å²) in [6, 6.07) is 0. The Morgan fingerprint density at radius 2 is 0.800 bits per heavy atom. The van der Waals surface area contributed by atoms with Gasteiger partial charge in [0.25, 0.3) is 0 Å². The van der Waals surface area contributed by atoms with Gasteiger partial charge in [0.15, 0.2) is 0 Å². The van der Waals surface area contributed by atoms with Gasteiger partial charge in [-0.05, 0) is 28.2 Å². The van der Waals surface area contributed by atoms with Crippen molar-refractivity contribution in [3.05, 3.63) is 0 Å². The summed E-state index contributed by atoms with van der Waals surface area (Å²) >= 11 is 0. The minimum atomic E-state index is -1.82. The van der Waals surface area contributed by atoms with Gasteiger partial charge < -0.3 is 30.6 Å². The Balaban J connectivity index is -0.000000218. The van der Waals surface area contributed by atoms with Crippen LogP contribution in [0, 0.1) is 0 Å². The average Bonchev–Trinajstić information content (AvgIpc) is 2.15. The topological polar surface area (TPSA) is 162 Å². The molecule has 0 bridgehead atoms. The van der Waals surface area contributed by atoms with Gasteiger partial charge in [0.05, 0.1) is 0 Å². The molecule has 0 atom stereocenters. The van der Waals surface area contributed by atoms with Crippen molar-refractivity contribution >= 4 is 11.9 Å². The fourth-order valence-corrected chi connectivity index (χ4v) is 0. The lowest BCUT2D eigenvalue weighted by Crippen LogP contribution is -2.40. The maximum Gasteiger partial charge on any atom is 0.414 e. The van der Waals surface area contributed by atoms with Crippen LogP contribution in [-0.2, 0) is 9.59 Å². The number of carboxylic acid groups (broad SMARTS) is 2. The molecule has 0 saturated heterocycles. The summed E-state index contributed by atoms with van der Waals surface area (Å²) in [5.74, 6) is -6.98. The third-order valence-corrected chi connectivity index (χ3v) is 1.88. The van der Waals surface area contributed by atoms with E-state index in [0.717, 1.165) is 0 Å². The normalized spacial score (nSPS) is 11.2. The van der Waals surface area contributed by atoms with Crippen LogP contribution >= 0.6 is 0 Å². The number of nitrogens with zero attached hydrogens (tertiary/aromatic N) is 2. The first-order valence-electron chi connectivity index (χ1n) is 5.24. The number of hydrogen-bond acceptors (Lipinski definition) is 8. The highest BCUT2D eigenvalue weighted by Crippen LogP contribution is 1.97. The maximum atomic E-state index is 9.10. The number of carbonyl (C=O) groups is 2. The molecule has 0 aliphatic heterocycles. The highest BCUT2D eigenvalue weighted by Gasteiger charge is 2.16. The number of aliphatic carboxylic acids is 2. The van der Waals surface area contributed by atoms with E-state index in [1.54, 1.807) is 28.2 Å². The fraction of sp³-hybridized carbons (Fsp3) is 0.800. The van der Waals surface area contributed by atoms with Crippen LogP contribution < -0.4 is 0 Å². The first kappa shape index (κ1) is 23.8. The number of rotatable bonds is 2. The highest BCUT2D eigenvalue weighted by atomic mass is 16.5. The van der Waals surface area contributed by atoms with Crippen LogP contribution in [0.1, 0.15) is 13.8 Å². The molecular formula is C10H24N2O8. The lowest BCUT2D eigenvalue weighted by atomic mass is 10.5. The summed E-state index contributed by atoms with van der Waals surface area (Å²) < 4.78 is 0. The second kappa shape index (κ2) is 9.58. The molecule has 10 nitrogen and oxygen atoms in total. The third-order valence-electron chi connectivity index (χ3n) is 1.88. The van der Waals surface area contributed by atoms with E-state index >= 15 is 0 Å². The molecular weight excluding hydrogens is 276 g/mol. The molecule has 0 aromatic heterocycles. The van der Waals surface area contributed by atoms with Crippen molar-refractivity contribution in [2.75, 3.05) is 28.2 Å². The summed E-state index contributed by atoms with van der Waals surface area (Å²) in [6.45, 7) is 2.60. The van der Waals surface area contributed by atoms with Crippen molar-refractivity contribution < 1.29 is 40.2 Å². The second-order valence-electron chi connectivity index (χ2n) is 4.34. The summed E-state index contributed by atoms with van der Waals surface area (Å²) in [7, 11) is 6.33. The average molecular weight is 300 g/mol. The van der Waals surface area contributed by atoms with Gasteiger partial charge in [-0.2, -0.15) is 0 Å². The molecule has 0 heterocycles. The zero-order valence-corrected chi connectivity index (χ0v) is 12.4. The minimum absolute atomic E-state index is 1.30. The van der Waals surface area contributed by atoms with E-state index in [2.05, 4.69) is 0 Å². The van der Waals surface area contributed by atoms with E-state index in [4.69, 9.17) is 40.2 Å². The Labute approximate surface area is 117 Å². The van der Waals surface area contributed by atoms with E-state index in [-0.39, 0.29) is 0 Å². The van der Waals surface area contributed by atoms with Crippen LogP contribution in [0.3, 0.4) is 0 Å². The first-order valence-corrected chi connectivity index (χ1v) is 5.24. The lowest BCUT2D eigenvalue weighted by molar-refractivity contribution is -0.234. The van der Waals surface area contributed by atoms with E-state index in [1.807, 2.05) is 0 Å². The van der Waals surface area contributed by atoms with Gasteiger partial charge >= 0.3 is 11.9 Å². The molecule has 6 N–H and O–H groups in total. The molecule has 122 valence electrons. The maximum absolute atomic E-state index is 9.10. The van der Waals surface area contributed by atoms with Crippen LogP contribution in [0.4, 0.5) is 0 Å². The molecule has 0 unspecified atom stereocenters. The van der Waals surface area contributed by atoms with Gasteiger partial charge in [0.2, 0.25) is 11.8 Å². The molecule has 0 aromatic rings. The molecule has 20 heavy (non-hydrogen) atoms. The Morgan fingerprint density at radius 3 is 0.800 bits per heavy atom. The molecule has 0 fully saturated rings. The zero-order valence-electron chi connectivity index (χ0n) is 12.4. The Bertz CT molecular complexity index is 261. The van der Waals surface area contributed by atoms with Crippen molar-refractivity contribution in [3.63, 3.8) is 0 Å².